The molecule has 112 valence electrons. The van der Waals surface area contributed by atoms with Gasteiger partial charge in [-0.05, 0) is 42.3 Å². The van der Waals surface area contributed by atoms with Gasteiger partial charge >= 0.3 is 0 Å². The van der Waals surface area contributed by atoms with E-state index in [1.807, 2.05) is 49.4 Å². The number of hydrogen-bond acceptors (Lipinski definition) is 4. The molecule has 2 aromatic rings. The highest BCUT2D eigenvalue weighted by Gasteiger charge is 2.08. The molecule has 0 aliphatic carbocycles. The lowest BCUT2D eigenvalue weighted by molar-refractivity contribution is 0.284. The Labute approximate surface area is 125 Å². The van der Waals surface area contributed by atoms with Gasteiger partial charge in [0.1, 0.15) is 12.4 Å². The van der Waals surface area contributed by atoms with Crippen molar-refractivity contribution in [1.82, 2.24) is 0 Å². The maximum Gasteiger partial charge on any atom is 0.161 e. The van der Waals surface area contributed by atoms with Gasteiger partial charge in [0.05, 0.1) is 14.2 Å². The quantitative estimate of drug-likeness (QED) is 0.885. The van der Waals surface area contributed by atoms with E-state index in [0.29, 0.717) is 18.1 Å². The van der Waals surface area contributed by atoms with E-state index in [0.717, 1.165) is 16.9 Å². The van der Waals surface area contributed by atoms with Crippen molar-refractivity contribution in [3.05, 3.63) is 53.6 Å². The topological polar surface area (TPSA) is 53.7 Å². The van der Waals surface area contributed by atoms with Crippen LogP contribution in [0.4, 0.5) is 0 Å². The molecule has 2 rings (SSSR count). The smallest absolute Gasteiger partial charge is 0.161 e. The van der Waals surface area contributed by atoms with Gasteiger partial charge in [0.2, 0.25) is 0 Å². The van der Waals surface area contributed by atoms with Crippen LogP contribution >= 0.6 is 0 Å². The summed E-state index contributed by atoms with van der Waals surface area (Å²) in [5, 5.41) is 0. The van der Waals surface area contributed by atoms with Crippen LogP contribution in [0.5, 0.6) is 17.2 Å². The van der Waals surface area contributed by atoms with Gasteiger partial charge in [0.25, 0.3) is 0 Å². The van der Waals surface area contributed by atoms with E-state index in [1.165, 1.54) is 0 Å². The zero-order valence-electron chi connectivity index (χ0n) is 12.6. The third-order valence-electron chi connectivity index (χ3n) is 3.27. The fourth-order valence-corrected chi connectivity index (χ4v) is 1.97. The first-order chi connectivity index (χ1) is 10.1. The highest BCUT2D eigenvalue weighted by atomic mass is 16.5. The lowest BCUT2D eigenvalue weighted by atomic mass is 10.1. The van der Waals surface area contributed by atoms with Crippen molar-refractivity contribution < 1.29 is 14.2 Å². The summed E-state index contributed by atoms with van der Waals surface area (Å²) in [6, 6.07) is 13.5. The van der Waals surface area contributed by atoms with Crippen molar-refractivity contribution >= 4 is 0 Å². The SMILES string of the molecule is COc1ccc(COc2ccc([C@@H](C)N)cc2OC)cc1. The molecule has 4 heteroatoms. The summed E-state index contributed by atoms with van der Waals surface area (Å²) in [6.07, 6.45) is 0. The molecule has 2 aromatic carbocycles. The van der Waals surface area contributed by atoms with Crippen LogP contribution in [0.1, 0.15) is 24.1 Å². The highest BCUT2D eigenvalue weighted by molar-refractivity contribution is 5.44. The second-order valence-electron chi connectivity index (χ2n) is 4.84. The molecule has 2 N–H and O–H groups in total. The summed E-state index contributed by atoms with van der Waals surface area (Å²) in [4.78, 5) is 0. The van der Waals surface area contributed by atoms with Crippen molar-refractivity contribution in [3.63, 3.8) is 0 Å². The van der Waals surface area contributed by atoms with Crippen LogP contribution in [0.2, 0.25) is 0 Å². The zero-order valence-corrected chi connectivity index (χ0v) is 12.6. The second kappa shape index (κ2) is 6.99. The molecule has 0 aliphatic heterocycles. The minimum absolute atomic E-state index is 0.0328. The fourth-order valence-electron chi connectivity index (χ4n) is 1.97. The van der Waals surface area contributed by atoms with E-state index in [4.69, 9.17) is 19.9 Å². The third kappa shape index (κ3) is 3.89. The Morgan fingerprint density at radius 1 is 0.952 bits per heavy atom. The van der Waals surface area contributed by atoms with Gasteiger partial charge in [-0.2, -0.15) is 0 Å². The molecule has 4 nitrogen and oxygen atoms in total. The number of rotatable bonds is 6. The highest BCUT2D eigenvalue weighted by Crippen LogP contribution is 2.30. The van der Waals surface area contributed by atoms with Crippen molar-refractivity contribution in [2.45, 2.75) is 19.6 Å². The number of hydrogen-bond donors (Lipinski definition) is 1. The third-order valence-corrected chi connectivity index (χ3v) is 3.27. The predicted molar refractivity (Wildman–Crippen MR) is 82.9 cm³/mol. The van der Waals surface area contributed by atoms with Crippen LogP contribution in [-0.2, 0) is 6.61 Å². The van der Waals surface area contributed by atoms with Gasteiger partial charge < -0.3 is 19.9 Å². The molecule has 21 heavy (non-hydrogen) atoms. The van der Waals surface area contributed by atoms with Gasteiger partial charge in [-0.3, -0.25) is 0 Å². The number of ether oxygens (including phenoxy) is 3. The summed E-state index contributed by atoms with van der Waals surface area (Å²) in [5.41, 5.74) is 7.95. The van der Waals surface area contributed by atoms with E-state index in [2.05, 4.69) is 0 Å². The Hall–Kier alpha value is -2.20. The Kier molecular flexibility index (Phi) is 5.06. The fraction of sp³-hybridized carbons (Fsp3) is 0.294. The first-order valence-corrected chi connectivity index (χ1v) is 6.83. The van der Waals surface area contributed by atoms with Crippen LogP contribution < -0.4 is 19.9 Å². The molecule has 0 fully saturated rings. The van der Waals surface area contributed by atoms with Crippen molar-refractivity contribution in [2.24, 2.45) is 5.73 Å². The molecule has 0 unspecified atom stereocenters. The molecule has 0 amide bonds. The number of nitrogens with two attached hydrogens (primary N) is 1. The van der Waals surface area contributed by atoms with Crippen molar-refractivity contribution in [1.29, 1.82) is 0 Å². The molecule has 0 aliphatic rings. The molecule has 0 saturated heterocycles. The summed E-state index contributed by atoms with van der Waals surface area (Å²) in [6.45, 7) is 2.41. The van der Waals surface area contributed by atoms with Crippen LogP contribution in [-0.4, -0.2) is 14.2 Å². The van der Waals surface area contributed by atoms with Crippen LogP contribution in [0.15, 0.2) is 42.5 Å². The maximum atomic E-state index is 5.87. The minimum Gasteiger partial charge on any atom is -0.497 e. The van der Waals surface area contributed by atoms with E-state index in [1.54, 1.807) is 14.2 Å². The Morgan fingerprint density at radius 3 is 2.24 bits per heavy atom. The molecule has 0 aromatic heterocycles. The first-order valence-electron chi connectivity index (χ1n) is 6.83. The van der Waals surface area contributed by atoms with Crippen LogP contribution in [0.3, 0.4) is 0 Å². The Balaban J connectivity index is 2.08. The predicted octanol–water partition coefficient (Wildman–Crippen LogP) is 3.30. The van der Waals surface area contributed by atoms with Crippen LogP contribution in [0.25, 0.3) is 0 Å². The second-order valence-corrected chi connectivity index (χ2v) is 4.84. The van der Waals surface area contributed by atoms with E-state index < -0.39 is 0 Å². The molecule has 0 saturated carbocycles. The van der Waals surface area contributed by atoms with Crippen LogP contribution in [0, 0.1) is 0 Å². The normalized spacial score (nSPS) is 11.8. The maximum absolute atomic E-state index is 5.87. The largest absolute Gasteiger partial charge is 0.497 e. The summed E-state index contributed by atoms with van der Waals surface area (Å²) >= 11 is 0. The summed E-state index contributed by atoms with van der Waals surface area (Å²) in [7, 11) is 3.27. The lowest BCUT2D eigenvalue weighted by Gasteiger charge is -2.14. The van der Waals surface area contributed by atoms with E-state index in [9.17, 15) is 0 Å². The molecular weight excluding hydrogens is 266 g/mol. The molecule has 1 atom stereocenters. The zero-order chi connectivity index (χ0) is 15.2. The molecule has 0 heterocycles. The van der Waals surface area contributed by atoms with Gasteiger partial charge in [-0.1, -0.05) is 18.2 Å². The Bertz CT molecular complexity index is 579. The van der Waals surface area contributed by atoms with E-state index in [-0.39, 0.29) is 6.04 Å². The molecule has 0 radical (unpaired) electrons. The average Bonchev–Trinajstić information content (AvgIpc) is 2.53. The van der Waals surface area contributed by atoms with Crippen molar-refractivity contribution in [2.75, 3.05) is 14.2 Å². The molecular formula is C17H21NO3. The van der Waals surface area contributed by atoms with Gasteiger partial charge in [-0.25, -0.2) is 0 Å². The minimum atomic E-state index is -0.0328. The standard InChI is InChI=1S/C17H21NO3/c1-12(18)14-6-9-16(17(10-14)20-3)21-11-13-4-7-15(19-2)8-5-13/h4-10,12H,11,18H2,1-3H3/t12-/m1/s1. The lowest BCUT2D eigenvalue weighted by Crippen LogP contribution is -2.05. The first kappa shape index (κ1) is 15.2. The Morgan fingerprint density at radius 2 is 1.67 bits per heavy atom. The van der Waals surface area contributed by atoms with E-state index >= 15 is 0 Å². The molecule has 0 bridgehead atoms. The number of methoxy groups -OCH3 is 2. The van der Waals surface area contributed by atoms with Gasteiger partial charge in [-0.15, -0.1) is 0 Å². The molecule has 0 spiro atoms. The summed E-state index contributed by atoms with van der Waals surface area (Å²) < 4.78 is 16.3. The number of benzene rings is 2. The monoisotopic (exact) mass is 287 g/mol. The van der Waals surface area contributed by atoms with Gasteiger partial charge in [0, 0.05) is 6.04 Å². The van der Waals surface area contributed by atoms with Crippen molar-refractivity contribution in [3.8, 4) is 17.2 Å². The van der Waals surface area contributed by atoms with Gasteiger partial charge in [0.15, 0.2) is 11.5 Å². The average molecular weight is 287 g/mol. The summed E-state index contributed by atoms with van der Waals surface area (Å²) in [5.74, 6) is 2.23.